The van der Waals surface area contributed by atoms with Crippen molar-refractivity contribution in [3.05, 3.63) is 83.4 Å². The highest BCUT2D eigenvalue weighted by Gasteiger charge is 2.27. The van der Waals surface area contributed by atoms with Crippen LogP contribution >= 0.6 is 11.6 Å². The normalized spacial score (nSPS) is 17.6. The van der Waals surface area contributed by atoms with Gasteiger partial charge in [0.05, 0.1) is 36.7 Å². The summed E-state index contributed by atoms with van der Waals surface area (Å²) in [6.07, 6.45) is 3.83. The first-order valence-corrected chi connectivity index (χ1v) is 10.1. The lowest BCUT2D eigenvalue weighted by atomic mass is 10.1. The number of aromatic amines is 1. The predicted octanol–water partition coefficient (Wildman–Crippen LogP) is 4.85. The van der Waals surface area contributed by atoms with E-state index in [1.54, 1.807) is 0 Å². The molecular formula is C23H21ClN4O. The van der Waals surface area contributed by atoms with Crippen molar-refractivity contribution in [2.75, 3.05) is 19.8 Å². The Morgan fingerprint density at radius 2 is 2.00 bits per heavy atom. The SMILES string of the molecule is Clc1cccc(-c2cnc([C@@H]3COCCN3Cc3cnc4ccccc4c3)[nH]2)c1. The van der Waals surface area contributed by atoms with Gasteiger partial charge in [0.1, 0.15) is 5.82 Å². The molecule has 1 atom stereocenters. The average Bonchev–Trinajstić information content (AvgIpc) is 3.24. The van der Waals surface area contributed by atoms with E-state index in [1.165, 1.54) is 5.56 Å². The zero-order chi connectivity index (χ0) is 19.6. The number of morpholine rings is 1. The number of rotatable bonds is 4. The largest absolute Gasteiger partial charge is 0.378 e. The second-order valence-corrected chi connectivity index (χ2v) is 7.73. The van der Waals surface area contributed by atoms with Gasteiger partial charge in [-0.1, -0.05) is 41.9 Å². The van der Waals surface area contributed by atoms with Crippen LogP contribution < -0.4 is 0 Å². The van der Waals surface area contributed by atoms with E-state index in [0.29, 0.717) is 11.6 Å². The number of hydrogen-bond acceptors (Lipinski definition) is 4. The van der Waals surface area contributed by atoms with Gasteiger partial charge in [0, 0.05) is 35.3 Å². The van der Waals surface area contributed by atoms with Crippen molar-refractivity contribution < 1.29 is 4.74 Å². The maximum Gasteiger partial charge on any atom is 0.126 e. The molecule has 5 nitrogen and oxygen atoms in total. The number of fused-ring (bicyclic) bond motifs is 1. The Kier molecular flexibility index (Phi) is 5.02. The van der Waals surface area contributed by atoms with Crippen molar-refractivity contribution in [1.82, 2.24) is 19.9 Å². The molecule has 0 radical (unpaired) electrons. The summed E-state index contributed by atoms with van der Waals surface area (Å²) in [5, 5.41) is 1.88. The second kappa shape index (κ2) is 7.95. The van der Waals surface area contributed by atoms with Gasteiger partial charge in [-0.15, -0.1) is 0 Å². The van der Waals surface area contributed by atoms with Crippen LogP contribution in [-0.4, -0.2) is 39.6 Å². The summed E-state index contributed by atoms with van der Waals surface area (Å²) in [6, 6.07) is 18.3. The summed E-state index contributed by atoms with van der Waals surface area (Å²) in [4.78, 5) is 15.1. The molecule has 0 aliphatic carbocycles. The fourth-order valence-corrected chi connectivity index (χ4v) is 4.02. The number of imidazole rings is 1. The van der Waals surface area contributed by atoms with E-state index < -0.39 is 0 Å². The maximum absolute atomic E-state index is 6.14. The van der Waals surface area contributed by atoms with Crippen LogP contribution in [0.15, 0.2) is 67.0 Å². The quantitative estimate of drug-likeness (QED) is 0.528. The van der Waals surface area contributed by atoms with Crippen molar-refractivity contribution in [2.24, 2.45) is 0 Å². The lowest BCUT2D eigenvalue weighted by Gasteiger charge is -2.34. The average molecular weight is 405 g/mol. The van der Waals surface area contributed by atoms with Gasteiger partial charge in [0.15, 0.2) is 0 Å². The summed E-state index contributed by atoms with van der Waals surface area (Å²) >= 11 is 6.14. The third kappa shape index (κ3) is 3.90. The van der Waals surface area contributed by atoms with Crippen molar-refractivity contribution in [1.29, 1.82) is 0 Å². The zero-order valence-electron chi connectivity index (χ0n) is 15.9. The van der Waals surface area contributed by atoms with Gasteiger partial charge < -0.3 is 9.72 Å². The van der Waals surface area contributed by atoms with Gasteiger partial charge in [-0.25, -0.2) is 4.98 Å². The van der Waals surface area contributed by atoms with Crippen LogP contribution in [0.5, 0.6) is 0 Å². The Hall–Kier alpha value is -2.73. The molecule has 1 aliphatic rings. The summed E-state index contributed by atoms with van der Waals surface area (Å²) in [5.74, 6) is 0.911. The van der Waals surface area contributed by atoms with Gasteiger partial charge in [-0.2, -0.15) is 0 Å². The first-order valence-electron chi connectivity index (χ1n) is 9.72. The van der Waals surface area contributed by atoms with E-state index in [4.69, 9.17) is 16.3 Å². The molecule has 1 aliphatic heterocycles. The molecule has 3 heterocycles. The topological polar surface area (TPSA) is 54.0 Å². The first-order chi connectivity index (χ1) is 14.3. The number of hydrogen-bond donors (Lipinski definition) is 1. The maximum atomic E-state index is 6.14. The lowest BCUT2D eigenvalue weighted by Crippen LogP contribution is -2.39. The minimum absolute atomic E-state index is 0.0724. The van der Waals surface area contributed by atoms with Crippen molar-refractivity contribution in [3.63, 3.8) is 0 Å². The second-order valence-electron chi connectivity index (χ2n) is 7.29. The molecule has 0 saturated carbocycles. The van der Waals surface area contributed by atoms with Gasteiger partial charge in [0.25, 0.3) is 0 Å². The molecule has 2 aromatic heterocycles. The molecule has 0 amide bonds. The number of benzene rings is 2. The van der Waals surface area contributed by atoms with E-state index in [2.05, 4.69) is 32.0 Å². The monoisotopic (exact) mass is 404 g/mol. The van der Waals surface area contributed by atoms with E-state index >= 15 is 0 Å². The van der Waals surface area contributed by atoms with Crippen molar-refractivity contribution in [2.45, 2.75) is 12.6 Å². The first kappa shape index (κ1) is 18.3. The van der Waals surface area contributed by atoms with Crippen LogP contribution in [0.2, 0.25) is 5.02 Å². The number of H-pyrrole nitrogens is 1. The Balaban J connectivity index is 1.40. The standard InChI is InChI=1S/C23H21ClN4O/c24-19-6-3-5-18(11-19)21-13-26-23(27-21)22-15-29-9-8-28(22)14-16-10-17-4-1-2-7-20(17)25-12-16/h1-7,10-13,22H,8-9,14-15H2,(H,26,27)/t22-/m0/s1. The summed E-state index contributed by atoms with van der Waals surface area (Å²) in [6.45, 7) is 2.99. The molecule has 0 bridgehead atoms. The minimum Gasteiger partial charge on any atom is -0.378 e. The van der Waals surface area contributed by atoms with Crippen LogP contribution in [0, 0.1) is 0 Å². The highest BCUT2D eigenvalue weighted by Crippen LogP contribution is 2.28. The third-order valence-corrected chi connectivity index (χ3v) is 5.55. The number of aromatic nitrogens is 3. The number of para-hydroxylation sites is 1. The van der Waals surface area contributed by atoms with E-state index in [1.807, 2.05) is 54.9 Å². The molecule has 2 aromatic carbocycles. The van der Waals surface area contributed by atoms with Gasteiger partial charge in [-0.05, 0) is 29.8 Å². The molecule has 0 unspecified atom stereocenters. The van der Waals surface area contributed by atoms with Crippen LogP contribution in [0.1, 0.15) is 17.4 Å². The Bertz CT molecular complexity index is 1140. The molecule has 146 valence electrons. The Morgan fingerprint density at radius 1 is 1.07 bits per heavy atom. The van der Waals surface area contributed by atoms with Gasteiger partial charge in [0.2, 0.25) is 0 Å². The molecule has 1 fully saturated rings. The molecule has 0 spiro atoms. The van der Waals surface area contributed by atoms with E-state index in [-0.39, 0.29) is 6.04 Å². The van der Waals surface area contributed by atoms with Gasteiger partial charge >= 0.3 is 0 Å². The smallest absolute Gasteiger partial charge is 0.126 e. The zero-order valence-corrected chi connectivity index (χ0v) is 16.6. The van der Waals surface area contributed by atoms with Gasteiger partial charge in [-0.3, -0.25) is 9.88 Å². The fraction of sp³-hybridized carbons (Fsp3) is 0.217. The molecular weight excluding hydrogens is 384 g/mol. The summed E-state index contributed by atoms with van der Waals surface area (Å²) in [7, 11) is 0. The van der Waals surface area contributed by atoms with Crippen molar-refractivity contribution >= 4 is 22.5 Å². The lowest BCUT2D eigenvalue weighted by molar-refractivity contribution is -0.0156. The molecule has 1 saturated heterocycles. The van der Waals surface area contributed by atoms with E-state index in [9.17, 15) is 0 Å². The highest BCUT2D eigenvalue weighted by atomic mass is 35.5. The minimum atomic E-state index is 0.0724. The van der Waals surface area contributed by atoms with Crippen LogP contribution in [0.3, 0.4) is 0 Å². The number of pyridine rings is 1. The number of halogens is 1. The summed E-state index contributed by atoms with van der Waals surface area (Å²) in [5.41, 5.74) is 4.20. The summed E-state index contributed by atoms with van der Waals surface area (Å²) < 4.78 is 5.77. The van der Waals surface area contributed by atoms with Crippen LogP contribution in [0.25, 0.3) is 22.2 Å². The molecule has 5 rings (SSSR count). The fourth-order valence-electron chi connectivity index (χ4n) is 3.83. The Morgan fingerprint density at radius 3 is 2.93 bits per heavy atom. The third-order valence-electron chi connectivity index (χ3n) is 5.32. The molecule has 4 aromatic rings. The Labute approximate surface area is 174 Å². The van der Waals surface area contributed by atoms with E-state index in [0.717, 1.165) is 47.7 Å². The molecule has 6 heteroatoms. The van der Waals surface area contributed by atoms with Crippen LogP contribution in [-0.2, 0) is 11.3 Å². The van der Waals surface area contributed by atoms with Crippen molar-refractivity contribution in [3.8, 4) is 11.3 Å². The number of nitrogens with zero attached hydrogens (tertiary/aromatic N) is 3. The van der Waals surface area contributed by atoms with Crippen LogP contribution in [0.4, 0.5) is 0 Å². The molecule has 29 heavy (non-hydrogen) atoms. The highest BCUT2D eigenvalue weighted by molar-refractivity contribution is 6.30. The number of ether oxygens (including phenoxy) is 1. The number of nitrogens with one attached hydrogen (secondary N) is 1. The predicted molar refractivity (Wildman–Crippen MR) is 115 cm³/mol. The molecule has 1 N–H and O–H groups in total.